The number of carboxylic acid groups (broad SMARTS) is 1. The molecule has 0 bridgehead atoms. The number of rotatable bonds is 8. The first kappa shape index (κ1) is 31.6. The predicted octanol–water partition coefficient (Wildman–Crippen LogP) is 5.17. The molecule has 0 saturated heterocycles. The summed E-state index contributed by atoms with van der Waals surface area (Å²) in [5.74, 6) is -1.25. The number of benzene rings is 2. The van der Waals surface area contributed by atoms with Crippen molar-refractivity contribution in [1.29, 1.82) is 0 Å². The number of hydrogen-bond donors (Lipinski definition) is 1. The predicted molar refractivity (Wildman–Crippen MR) is 132 cm³/mol. The van der Waals surface area contributed by atoms with Crippen molar-refractivity contribution in [2.75, 3.05) is 31.2 Å². The summed E-state index contributed by atoms with van der Waals surface area (Å²) >= 11 is 17.0. The van der Waals surface area contributed by atoms with Crippen LogP contribution in [0.25, 0.3) is 0 Å². The minimum absolute atomic E-state index is 0. The van der Waals surface area contributed by atoms with Crippen LogP contribution in [0.15, 0.2) is 30.3 Å². The number of aryl methyl sites for hydroxylation is 2. The molecule has 0 spiro atoms. The van der Waals surface area contributed by atoms with Crippen molar-refractivity contribution < 1.29 is 24.2 Å². The van der Waals surface area contributed by atoms with Gasteiger partial charge < -0.3 is 14.6 Å². The van der Waals surface area contributed by atoms with Crippen LogP contribution in [0.2, 0.25) is 10.0 Å². The molecule has 2 aromatic rings. The minimum atomic E-state index is -1.16. The molecule has 0 unspecified atom stereocenters. The van der Waals surface area contributed by atoms with Crippen LogP contribution < -0.4 is 9.64 Å². The number of alkyl halides is 1. The first-order valence-corrected chi connectivity index (χ1v) is 10.8. The normalized spacial score (nSPS) is 9.84. The standard InChI is InChI=1S/C14H20ClNO2.C8H6Cl2O3.K.H/c1-4-12-8-6-7-11(3)14(12)16(10-18-5-2)13(17)9-15;1-13-7-5(10)3-2-4(9)6(7)8(11)12;;/h6-8H,4-5,9-10H2,1-3H3;2-3H,1H3,(H,11,12);;. The fourth-order valence-corrected chi connectivity index (χ4v) is 3.45. The molecule has 32 heavy (non-hydrogen) atoms. The summed E-state index contributed by atoms with van der Waals surface area (Å²) in [6.45, 7) is 6.79. The van der Waals surface area contributed by atoms with Crippen molar-refractivity contribution in [3.63, 3.8) is 0 Å². The molecule has 0 radical (unpaired) electrons. The second-order valence-corrected chi connectivity index (χ2v) is 7.34. The molecule has 0 saturated carbocycles. The number of amides is 1. The SMILES string of the molecule is CCOCN(C(=O)CCl)c1c(C)cccc1CC.COc1c(Cl)ccc(Cl)c1C(=O)O.[KH]. The number of carbonyl (C=O) groups is 2. The number of carbonyl (C=O) groups excluding carboxylic acids is 1. The third kappa shape index (κ3) is 8.78. The first-order chi connectivity index (χ1) is 14.7. The Balaban J connectivity index is 0.000000611. The molecule has 0 aliphatic rings. The van der Waals surface area contributed by atoms with Gasteiger partial charge in [-0.3, -0.25) is 9.69 Å². The van der Waals surface area contributed by atoms with E-state index in [1.54, 1.807) is 4.90 Å². The van der Waals surface area contributed by atoms with Crippen molar-refractivity contribution in [3.05, 3.63) is 57.1 Å². The van der Waals surface area contributed by atoms with Gasteiger partial charge in [-0.1, -0.05) is 48.3 Å². The van der Waals surface area contributed by atoms with E-state index in [-0.39, 0.29) is 91.3 Å². The van der Waals surface area contributed by atoms with E-state index in [2.05, 4.69) is 6.92 Å². The van der Waals surface area contributed by atoms with Gasteiger partial charge in [-0.25, -0.2) is 4.79 Å². The van der Waals surface area contributed by atoms with Crippen LogP contribution in [0, 0.1) is 6.92 Å². The zero-order valence-electron chi connectivity index (χ0n) is 17.9. The van der Waals surface area contributed by atoms with Crippen LogP contribution in [0.1, 0.15) is 35.3 Å². The molecule has 172 valence electrons. The van der Waals surface area contributed by atoms with Gasteiger partial charge in [0.05, 0.1) is 22.8 Å². The van der Waals surface area contributed by atoms with Crippen LogP contribution in [0.4, 0.5) is 5.69 Å². The Morgan fingerprint density at radius 2 is 1.72 bits per heavy atom. The van der Waals surface area contributed by atoms with E-state index in [1.807, 2.05) is 32.0 Å². The number of ether oxygens (including phenoxy) is 2. The van der Waals surface area contributed by atoms with Crippen LogP contribution in [0.5, 0.6) is 5.75 Å². The van der Waals surface area contributed by atoms with Crippen LogP contribution in [0.3, 0.4) is 0 Å². The van der Waals surface area contributed by atoms with Gasteiger partial charge >= 0.3 is 57.4 Å². The summed E-state index contributed by atoms with van der Waals surface area (Å²) < 4.78 is 10.2. The molecule has 0 aliphatic carbocycles. The molecule has 2 rings (SSSR count). The van der Waals surface area contributed by atoms with Crippen LogP contribution in [-0.4, -0.2) is 94.7 Å². The van der Waals surface area contributed by atoms with Crippen molar-refractivity contribution in [3.8, 4) is 5.75 Å². The molecular formula is C22H27Cl3KNO5. The van der Waals surface area contributed by atoms with Crippen molar-refractivity contribution in [1.82, 2.24) is 0 Å². The molecule has 6 nitrogen and oxygen atoms in total. The Morgan fingerprint density at radius 3 is 2.19 bits per heavy atom. The van der Waals surface area contributed by atoms with Gasteiger partial charge in [0.15, 0.2) is 5.75 Å². The topological polar surface area (TPSA) is 76.1 Å². The summed E-state index contributed by atoms with van der Waals surface area (Å²) in [6, 6.07) is 8.92. The summed E-state index contributed by atoms with van der Waals surface area (Å²) in [4.78, 5) is 24.3. The fourth-order valence-electron chi connectivity index (χ4n) is 2.84. The van der Waals surface area contributed by atoms with Gasteiger partial charge in [0.1, 0.15) is 18.2 Å². The Kier molecular flexibility index (Phi) is 16.1. The number of carboxylic acids is 1. The second-order valence-electron chi connectivity index (χ2n) is 6.26. The van der Waals surface area contributed by atoms with Crippen molar-refractivity contribution in [2.45, 2.75) is 27.2 Å². The number of anilines is 1. The quantitative estimate of drug-likeness (QED) is 0.289. The Bertz CT molecular complexity index is 911. The summed E-state index contributed by atoms with van der Waals surface area (Å²) in [5, 5.41) is 9.11. The van der Waals surface area contributed by atoms with Gasteiger partial charge in [-0.15, -0.1) is 11.6 Å². The van der Waals surface area contributed by atoms with E-state index in [9.17, 15) is 9.59 Å². The number of nitrogens with zero attached hydrogens (tertiary/aromatic N) is 1. The molecule has 0 aromatic heterocycles. The van der Waals surface area contributed by atoms with E-state index in [1.165, 1.54) is 19.2 Å². The number of hydrogen-bond acceptors (Lipinski definition) is 4. The Labute approximate surface area is 246 Å². The molecule has 0 fully saturated rings. The molecule has 1 N–H and O–H groups in total. The van der Waals surface area contributed by atoms with E-state index in [0.29, 0.717) is 6.61 Å². The number of halogens is 3. The fraction of sp³-hybridized carbons (Fsp3) is 0.364. The van der Waals surface area contributed by atoms with Gasteiger partial charge in [0.25, 0.3) is 0 Å². The molecule has 0 heterocycles. The summed E-state index contributed by atoms with van der Waals surface area (Å²) in [5.41, 5.74) is 3.01. The molecule has 0 aliphatic heterocycles. The van der Waals surface area contributed by atoms with Crippen LogP contribution in [-0.2, 0) is 16.0 Å². The average Bonchev–Trinajstić information content (AvgIpc) is 2.75. The molecule has 10 heteroatoms. The zero-order valence-corrected chi connectivity index (χ0v) is 20.1. The Hall–Kier alpha value is -0.354. The van der Waals surface area contributed by atoms with Gasteiger partial charge in [-0.2, -0.15) is 0 Å². The number of aromatic carboxylic acids is 1. The molecule has 0 atom stereocenters. The third-order valence-electron chi connectivity index (χ3n) is 4.29. The average molecular weight is 531 g/mol. The Morgan fingerprint density at radius 1 is 1.09 bits per heavy atom. The second kappa shape index (κ2) is 16.3. The van der Waals surface area contributed by atoms with Gasteiger partial charge in [-0.05, 0) is 43.5 Å². The van der Waals surface area contributed by atoms with E-state index < -0.39 is 5.97 Å². The van der Waals surface area contributed by atoms with Crippen molar-refractivity contribution >= 4 is 104 Å². The molecule has 2 aromatic carbocycles. The number of methoxy groups -OCH3 is 1. The van der Waals surface area contributed by atoms with Gasteiger partial charge in [0, 0.05) is 6.61 Å². The monoisotopic (exact) mass is 529 g/mol. The summed E-state index contributed by atoms with van der Waals surface area (Å²) in [6.07, 6.45) is 0.870. The third-order valence-corrected chi connectivity index (χ3v) is 5.13. The molecular weight excluding hydrogens is 504 g/mol. The van der Waals surface area contributed by atoms with Crippen molar-refractivity contribution in [2.24, 2.45) is 0 Å². The van der Waals surface area contributed by atoms with E-state index in [4.69, 9.17) is 49.4 Å². The zero-order chi connectivity index (χ0) is 23.6. The van der Waals surface area contributed by atoms with E-state index in [0.717, 1.165) is 23.2 Å². The molecule has 1 amide bonds. The van der Waals surface area contributed by atoms with Crippen LogP contribution >= 0.6 is 34.8 Å². The maximum absolute atomic E-state index is 12.0. The number of para-hydroxylation sites is 1. The maximum atomic E-state index is 12.0. The first-order valence-electron chi connectivity index (χ1n) is 9.51. The van der Waals surface area contributed by atoms with Gasteiger partial charge in [0.2, 0.25) is 5.91 Å². The summed E-state index contributed by atoms with van der Waals surface area (Å²) in [7, 11) is 1.34. The van der Waals surface area contributed by atoms with E-state index >= 15 is 0 Å².